The van der Waals surface area contributed by atoms with Crippen molar-refractivity contribution in [1.29, 1.82) is 0 Å². The van der Waals surface area contributed by atoms with Gasteiger partial charge in [-0.25, -0.2) is 8.42 Å². The second kappa shape index (κ2) is 5.55. The predicted molar refractivity (Wildman–Crippen MR) is 58.8 cm³/mol. The molecule has 0 bridgehead atoms. The zero-order chi connectivity index (χ0) is 11.3. The molecule has 0 spiro atoms. The van der Waals surface area contributed by atoms with Gasteiger partial charge in [0.25, 0.3) is 0 Å². The number of sulfone groups is 1. The van der Waals surface area contributed by atoms with Crippen LogP contribution in [0.4, 0.5) is 0 Å². The van der Waals surface area contributed by atoms with Crippen molar-refractivity contribution in [3.63, 3.8) is 0 Å². The highest BCUT2D eigenvalue weighted by Gasteiger charge is 2.11. The van der Waals surface area contributed by atoms with Crippen LogP contribution >= 0.6 is 11.5 Å². The largest absolute Gasteiger partial charge is 0.383 e. The molecule has 15 heavy (non-hydrogen) atoms. The van der Waals surface area contributed by atoms with Crippen LogP contribution in [0.5, 0.6) is 0 Å². The fourth-order valence-corrected chi connectivity index (χ4v) is 2.61. The first kappa shape index (κ1) is 12.6. The van der Waals surface area contributed by atoms with Crippen LogP contribution in [0.15, 0.2) is 11.1 Å². The molecule has 1 aromatic rings. The average Bonchev–Trinajstić information content (AvgIpc) is 2.60. The molecule has 86 valence electrons. The quantitative estimate of drug-likeness (QED) is 0.735. The average molecular weight is 250 g/mol. The maximum absolute atomic E-state index is 11.1. The van der Waals surface area contributed by atoms with E-state index in [-0.39, 0.29) is 5.03 Å². The minimum atomic E-state index is -3.17. The smallest absolute Gasteiger partial charge is 0.193 e. The summed E-state index contributed by atoms with van der Waals surface area (Å²) < 4.78 is 31.0. The highest BCUT2D eigenvalue weighted by Crippen LogP contribution is 2.14. The van der Waals surface area contributed by atoms with Crippen LogP contribution in [0.3, 0.4) is 0 Å². The molecule has 0 aliphatic carbocycles. The lowest BCUT2D eigenvalue weighted by atomic mass is 10.5. The summed E-state index contributed by atoms with van der Waals surface area (Å²) in [5.74, 6) is 0. The van der Waals surface area contributed by atoms with Gasteiger partial charge in [-0.15, -0.1) is 0 Å². The molecule has 0 atom stereocenters. The molecule has 1 rings (SSSR count). The van der Waals surface area contributed by atoms with Gasteiger partial charge in [0.15, 0.2) is 14.9 Å². The highest BCUT2D eigenvalue weighted by atomic mass is 32.2. The normalized spacial score (nSPS) is 11.9. The van der Waals surface area contributed by atoms with Gasteiger partial charge < -0.3 is 10.1 Å². The lowest BCUT2D eigenvalue weighted by Gasteiger charge is -1.99. The molecule has 0 aromatic carbocycles. The van der Waals surface area contributed by atoms with E-state index in [0.29, 0.717) is 13.2 Å². The molecular weight excluding hydrogens is 236 g/mol. The van der Waals surface area contributed by atoms with Crippen LogP contribution in [-0.4, -0.2) is 39.3 Å². The first-order valence-corrected chi connectivity index (χ1v) is 7.06. The second-order valence-corrected chi connectivity index (χ2v) is 5.93. The maximum Gasteiger partial charge on any atom is 0.193 e. The summed E-state index contributed by atoms with van der Waals surface area (Å²) in [4.78, 5) is 0.909. The van der Waals surface area contributed by atoms with E-state index in [1.54, 1.807) is 13.2 Å². The van der Waals surface area contributed by atoms with Gasteiger partial charge in [0.2, 0.25) is 0 Å². The van der Waals surface area contributed by atoms with Crippen molar-refractivity contribution in [2.45, 2.75) is 11.6 Å². The third-order valence-corrected chi connectivity index (χ3v) is 3.57. The number of ether oxygens (including phenoxy) is 1. The minimum Gasteiger partial charge on any atom is -0.383 e. The Balaban J connectivity index is 2.47. The van der Waals surface area contributed by atoms with Crippen LogP contribution in [0.2, 0.25) is 0 Å². The first-order chi connectivity index (χ1) is 7.04. The topological polar surface area (TPSA) is 68.3 Å². The molecular formula is C8H14N2O3S2. The van der Waals surface area contributed by atoms with Gasteiger partial charge in [-0.1, -0.05) is 0 Å². The molecule has 1 heterocycles. The zero-order valence-electron chi connectivity index (χ0n) is 8.69. The molecule has 7 heteroatoms. The number of nitrogens with one attached hydrogen (secondary N) is 1. The first-order valence-electron chi connectivity index (χ1n) is 4.39. The predicted octanol–water partition coefficient (Wildman–Crippen LogP) is 0.283. The second-order valence-electron chi connectivity index (χ2n) is 3.07. The molecule has 0 radical (unpaired) electrons. The SMILES string of the molecule is COCCNCc1cc(S(C)(=O)=O)ns1. The van der Waals surface area contributed by atoms with Crippen LogP contribution < -0.4 is 5.32 Å². The Morgan fingerprint density at radius 2 is 2.33 bits per heavy atom. The summed E-state index contributed by atoms with van der Waals surface area (Å²) >= 11 is 1.20. The molecule has 0 saturated carbocycles. The van der Waals surface area contributed by atoms with E-state index < -0.39 is 9.84 Å². The number of methoxy groups -OCH3 is 1. The van der Waals surface area contributed by atoms with Crippen molar-refractivity contribution in [3.8, 4) is 0 Å². The van der Waals surface area contributed by atoms with Crippen molar-refractivity contribution in [3.05, 3.63) is 10.9 Å². The number of nitrogens with zero attached hydrogens (tertiary/aromatic N) is 1. The Bertz CT molecular complexity index is 400. The number of hydrogen-bond acceptors (Lipinski definition) is 6. The summed E-state index contributed by atoms with van der Waals surface area (Å²) in [5.41, 5.74) is 0. The molecule has 0 aliphatic rings. The molecule has 0 amide bonds. The van der Waals surface area contributed by atoms with Gasteiger partial charge >= 0.3 is 0 Å². The molecule has 0 saturated heterocycles. The monoisotopic (exact) mass is 250 g/mol. The lowest BCUT2D eigenvalue weighted by molar-refractivity contribution is 0.199. The highest BCUT2D eigenvalue weighted by molar-refractivity contribution is 7.90. The Morgan fingerprint density at radius 1 is 1.60 bits per heavy atom. The van der Waals surface area contributed by atoms with E-state index in [0.717, 1.165) is 17.7 Å². The summed E-state index contributed by atoms with van der Waals surface area (Å²) in [6.07, 6.45) is 1.16. The Morgan fingerprint density at radius 3 is 2.87 bits per heavy atom. The van der Waals surface area contributed by atoms with E-state index in [1.165, 1.54) is 11.5 Å². The van der Waals surface area contributed by atoms with Crippen LogP contribution in [0, 0.1) is 0 Å². The van der Waals surface area contributed by atoms with Gasteiger partial charge in [-0.05, 0) is 17.6 Å². The van der Waals surface area contributed by atoms with E-state index in [2.05, 4.69) is 9.69 Å². The van der Waals surface area contributed by atoms with Crippen molar-refractivity contribution in [1.82, 2.24) is 9.69 Å². The lowest BCUT2D eigenvalue weighted by Crippen LogP contribution is -2.17. The summed E-state index contributed by atoms with van der Waals surface area (Å²) in [5, 5.41) is 3.27. The summed E-state index contributed by atoms with van der Waals surface area (Å²) in [6.45, 7) is 2.00. The zero-order valence-corrected chi connectivity index (χ0v) is 10.3. The van der Waals surface area contributed by atoms with Crippen molar-refractivity contribution in [2.24, 2.45) is 0 Å². The number of rotatable bonds is 6. The van der Waals surface area contributed by atoms with E-state index in [4.69, 9.17) is 4.74 Å². The summed E-state index contributed by atoms with van der Waals surface area (Å²) in [6, 6.07) is 1.60. The van der Waals surface area contributed by atoms with Crippen molar-refractivity contribution >= 4 is 21.4 Å². The summed E-state index contributed by atoms with van der Waals surface area (Å²) in [7, 11) is -1.54. The van der Waals surface area contributed by atoms with E-state index >= 15 is 0 Å². The standard InChI is InChI=1S/C8H14N2O3S2/c1-13-4-3-9-6-7-5-8(10-14-7)15(2,11)12/h5,9H,3-4,6H2,1-2H3. The van der Waals surface area contributed by atoms with Gasteiger partial charge in [0.05, 0.1) is 6.61 Å². The third-order valence-electron chi connectivity index (χ3n) is 1.70. The van der Waals surface area contributed by atoms with Gasteiger partial charge in [0.1, 0.15) is 0 Å². The fraction of sp³-hybridized carbons (Fsp3) is 0.625. The van der Waals surface area contributed by atoms with Gasteiger partial charge in [-0.3, -0.25) is 0 Å². The Kier molecular flexibility index (Phi) is 4.65. The third kappa shape index (κ3) is 4.25. The van der Waals surface area contributed by atoms with E-state index in [1.807, 2.05) is 0 Å². The Labute approximate surface area is 93.5 Å². The minimum absolute atomic E-state index is 0.149. The molecule has 0 unspecified atom stereocenters. The van der Waals surface area contributed by atoms with E-state index in [9.17, 15) is 8.42 Å². The molecule has 0 aliphatic heterocycles. The molecule has 0 fully saturated rings. The van der Waals surface area contributed by atoms with Gasteiger partial charge in [0, 0.05) is 31.3 Å². The van der Waals surface area contributed by atoms with Crippen molar-refractivity contribution in [2.75, 3.05) is 26.5 Å². The molecule has 1 aromatic heterocycles. The van der Waals surface area contributed by atoms with Gasteiger partial charge in [-0.2, -0.15) is 4.37 Å². The number of aromatic nitrogens is 1. The molecule has 1 N–H and O–H groups in total. The Hall–Kier alpha value is -0.500. The number of hydrogen-bond donors (Lipinski definition) is 1. The molecule has 5 nitrogen and oxygen atoms in total. The van der Waals surface area contributed by atoms with Crippen LogP contribution in [-0.2, 0) is 21.1 Å². The maximum atomic E-state index is 11.1. The fourth-order valence-electron chi connectivity index (χ4n) is 0.938. The van der Waals surface area contributed by atoms with Crippen LogP contribution in [0.25, 0.3) is 0 Å². The van der Waals surface area contributed by atoms with Crippen LogP contribution in [0.1, 0.15) is 4.88 Å². The van der Waals surface area contributed by atoms with Crippen molar-refractivity contribution < 1.29 is 13.2 Å².